The Labute approximate surface area is 125 Å². The lowest BCUT2D eigenvalue weighted by Crippen LogP contribution is -2.23. The Hall–Kier alpha value is -1.32. The molecule has 20 heavy (non-hydrogen) atoms. The first-order valence-electron chi connectivity index (χ1n) is 7.26. The summed E-state index contributed by atoms with van der Waals surface area (Å²) in [7, 11) is 0. The van der Waals surface area contributed by atoms with E-state index >= 15 is 0 Å². The first-order chi connectivity index (χ1) is 9.76. The molecule has 0 aliphatic carbocycles. The van der Waals surface area contributed by atoms with Crippen molar-refractivity contribution in [2.24, 2.45) is 0 Å². The molecule has 1 aromatic carbocycles. The zero-order valence-corrected chi connectivity index (χ0v) is 13.3. The van der Waals surface area contributed by atoms with Crippen LogP contribution in [-0.2, 0) is 0 Å². The Kier molecular flexibility index (Phi) is 5.62. The minimum atomic E-state index is 0.219. The lowest BCUT2D eigenvalue weighted by atomic mass is 10.0. The highest BCUT2D eigenvalue weighted by Gasteiger charge is 2.18. The van der Waals surface area contributed by atoms with Crippen molar-refractivity contribution in [2.45, 2.75) is 33.2 Å². The van der Waals surface area contributed by atoms with Crippen molar-refractivity contribution in [3.63, 3.8) is 0 Å². The highest BCUT2D eigenvalue weighted by atomic mass is 32.1. The molecule has 0 aliphatic rings. The Morgan fingerprint density at radius 2 is 2.10 bits per heavy atom. The highest BCUT2D eigenvalue weighted by Crippen LogP contribution is 2.33. The van der Waals surface area contributed by atoms with Gasteiger partial charge in [0.2, 0.25) is 0 Å². The molecule has 2 aromatic rings. The average molecular weight is 289 g/mol. The summed E-state index contributed by atoms with van der Waals surface area (Å²) in [6.07, 6.45) is 1.12. The predicted molar refractivity (Wildman–Crippen MR) is 86.8 cm³/mol. The quantitative estimate of drug-likeness (QED) is 0.807. The van der Waals surface area contributed by atoms with Crippen LogP contribution in [0.25, 0.3) is 0 Å². The summed E-state index contributed by atoms with van der Waals surface area (Å²) in [5.74, 6) is 0.986. The van der Waals surface area contributed by atoms with Gasteiger partial charge in [-0.15, -0.1) is 11.3 Å². The maximum Gasteiger partial charge on any atom is 0.124 e. The normalized spacial score (nSPS) is 12.3. The zero-order valence-electron chi connectivity index (χ0n) is 12.5. The Morgan fingerprint density at radius 1 is 1.25 bits per heavy atom. The number of ether oxygens (including phenoxy) is 1. The molecule has 0 saturated heterocycles. The predicted octanol–water partition coefficient (Wildman–Crippen LogP) is 4.54. The van der Waals surface area contributed by atoms with Gasteiger partial charge in [-0.3, -0.25) is 0 Å². The summed E-state index contributed by atoms with van der Waals surface area (Å²) in [6, 6.07) is 10.9. The third-order valence-corrected chi connectivity index (χ3v) is 4.14. The van der Waals surface area contributed by atoms with E-state index < -0.39 is 0 Å². The fourth-order valence-corrected chi connectivity index (χ4v) is 3.11. The topological polar surface area (TPSA) is 21.3 Å². The van der Waals surface area contributed by atoms with E-state index in [1.165, 1.54) is 16.0 Å². The van der Waals surface area contributed by atoms with Crippen molar-refractivity contribution in [2.75, 3.05) is 13.2 Å². The van der Waals surface area contributed by atoms with Crippen LogP contribution in [0.15, 0.2) is 35.7 Å². The van der Waals surface area contributed by atoms with Gasteiger partial charge in [0, 0.05) is 10.4 Å². The van der Waals surface area contributed by atoms with Gasteiger partial charge in [-0.1, -0.05) is 30.7 Å². The van der Waals surface area contributed by atoms with Crippen LogP contribution in [0.3, 0.4) is 0 Å². The standard InChI is InChI=1S/C17H23NOS/c1-4-10-18-17(16-7-6-11-20-16)14-12-13(3)8-9-15(14)19-5-2/h6-9,11-12,17-18H,4-5,10H2,1-3H3. The van der Waals surface area contributed by atoms with Crippen LogP contribution in [0.5, 0.6) is 5.75 Å². The number of hydrogen-bond acceptors (Lipinski definition) is 3. The molecule has 0 fully saturated rings. The van der Waals surface area contributed by atoms with Gasteiger partial charge >= 0.3 is 0 Å². The second-order valence-electron chi connectivity index (χ2n) is 4.88. The van der Waals surface area contributed by atoms with Gasteiger partial charge in [-0.2, -0.15) is 0 Å². The van der Waals surface area contributed by atoms with Crippen molar-refractivity contribution in [3.8, 4) is 5.75 Å². The molecular weight excluding hydrogens is 266 g/mol. The summed E-state index contributed by atoms with van der Waals surface area (Å²) < 4.78 is 5.82. The SMILES string of the molecule is CCCNC(c1cccs1)c1cc(C)ccc1OCC. The maximum atomic E-state index is 5.82. The summed E-state index contributed by atoms with van der Waals surface area (Å²) in [5, 5.41) is 5.78. The van der Waals surface area contributed by atoms with E-state index in [0.717, 1.165) is 18.7 Å². The summed E-state index contributed by atoms with van der Waals surface area (Å²) in [6.45, 7) is 8.05. The van der Waals surface area contributed by atoms with Crippen LogP contribution in [0.2, 0.25) is 0 Å². The Balaban J connectivity index is 2.39. The van der Waals surface area contributed by atoms with E-state index in [4.69, 9.17) is 4.74 Å². The van der Waals surface area contributed by atoms with Crippen molar-refractivity contribution in [3.05, 3.63) is 51.7 Å². The van der Waals surface area contributed by atoms with Crippen LogP contribution in [0.4, 0.5) is 0 Å². The molecule has 0 bridgehead atoms. The zero-order chi connectivity index (χ0) is 14.4. The van der Waals surface area contributed by atoms with Gasteiger partial charge in [0.15, 0.2) is 0 Å². The first kappa shape index (κ1) is 15.1. The Bertz CT molecular complexity index is 522. The van der Waals surface area contributed by atoms with Crippen molar-refractivity contribution >= 4 is 11.3 Å². The summed E-state index contributed by atoms with van der Waals surface area (Å²) in [4.78, 5) is 1.34. The number of nitrogens with one attached hydrogen (secondary N) is 1. The molecular formula is C17H23NOS. The first-order valence-corrected chi connectivity index (χ1v) is 8.14. The lowest BCUT2D eigenvalue weighted by molar-refractivity contribution is 0.333. The minimum Gasteiger partial charge on any atom is -0.494 e. The molecule has 1 N–H and O–H groups in total. The second-order valence-corrected chi connectivity index (χ2v) is 5.86. The van der Waals surface area contributed by atoms with Gasteiger partial charge in [0.1, 0.15) is 5.75 Å². The third kappa shape index (κ3) is 3.62. The number of aryl methyl sites for hydroxylation is 1. The van der Waals surface area contributed by atoms with Gasteiger partial charge in [-0.05, 0) is 44.3 Å². The summed E-state index contributed by atoms with van der Waals surface area (Å²) in [5.41, 5.74) is 2.51. The molecule has 2 nitrogen and oxygen atoms in total. The van der Waals surface area contributed by atoms with Gasteiger partial charge in [0.25, 0.3) is 0 Å². The van der Waals surface area contributed by atoms with E-state index in [0.29, 0.717) is 6.61 Å². The fraction of sp³-hybridized carbons (Fsp3) is 0.412. The fourth-order valence-electron chi connectivity index (χ4n) is 2.29. The monoisotopic (exact) mass is 289 g/mol. The maximum absolute atomic E-state index is 5.82. The number of benzene rings is 1. The van der Waals surface area contributed by atoms with Crippen molar-refractivity contribution in [1.29, 1.82) is 0 Å². The number of thiophene rings is 1. The molecule has 0 amide bonds. The van der Waals surface area contributed by atoms with Gasteiger partial charge in [0.05, 0.1) is 12.6 Å². The molecule has 108 valence electrons. The van der Waals surface area contributed by atoms with Crippen LogP contribution < -0.4 is 10.1 Å². The van der Waals surface area contributed by atoms with E-state index in [9.17, 15) is 0 Å². The van der Waals surface area contributed by atoms with Crippen molar-refractivity contribution < 1.29 is 4.74 Å². The molecule has 1 heterocycles. The molecule has 3 heteroatoms. The molecule has 0 radical (unpaired) electrons. The summed E-state index contributed by atoms with van der Waals surface area (Å²) >= 11 is 1.79. The molecule has 2 rings (SSSR count). The lowest BCUT2D eigenvalue weighted by Gasteiger charge is -2.21. The minimum absolute atomic E-state index is 0.219. The Morgan fingerprint density at radius 3 is 2.75 bits per heavy atom. The van der Waals surface area contributed by atoms with E-state index in [2.05, 4.69) is 54.9 Å². The smallest absolute Gasteiger partial charge is 0.124 e. The highest BCUT2D eigenvalue weighted by molar-refractivity contribution is 7.10. The number of hydrogen-bond donors (Lipinski definition) is 1. The largest absolute Gasteiger partial charge is 0.494 e. The molecule has 1 atom stereocenters. The van der Waals surface area contributed by atoms with Crippen LogP contribution in [0, 0.1) is 6.92 Å². The molecule has 0 saturated carbocycles. The van der Waals surface area contributed by atoms with Gasteiger partial charge in [-0.25, -0.2) is 0 Å². The second kappa shape index (κ2) is 7.46. The molecule has 0 aliphatic heterocycles. The van der Waals surface area contributed by atoms with Crippen LogP contribution in [-0.4, -0.2) is 13.2 Å². The molecule has 1 aromatic heterocycles. The van der Waals surface area contributed by atoms with Crippen LogP contribution in [0.1, 0.15) is 42.3 Å². The molecule has 1 unspecified atom stereocenters. The van der Waals surface area contributed by atoms with E-state index in [-0.39, 0.29) is 6.04 Å². The van der Waals surface area contributed by atoms with E-state index in [1.54, 1.807) is 11.3 Å². The third-order valence-electron chi connectivity index (χ3n) is 3.20. The molecule has 0 spiro atoms. The average Bonchev–Trinajstić information content (AvgIpc) is 2.96. The number of rotatable bonds is 7. The van der Waals surface area contributed by atoms with Gasteiger partial charge < -0.3 is 10.1 Å². The van der Waals surface area contributed by atoms with Crippen molar-refractivity contribution in [1.82, 2.24) is 5.32 Å². The van der Waals surface area contributed by atoms with E-state index in [1.807, 2.05) is 6.92 Å². The van der Waals surface area contributed by atoms with Crippen LogP contribution >= 0.6 is 11.3 Å².